The molecule has 0 saturated carbocycles. The Hall–Kier alpha value is -2.13. The van der Waals surface area contributed by atoms with E-state index in [1.807, 2.05) is 0 Å². The van der Waals surface area contributed by atoms with E-state index < -0.39 is 0 Å². The lowest BCUT2D eigenvalue weighted by Gasteiger charge is -2.26. The molecule has 0 radical (unpaired) electrons. The van der Waals surface area contributed by atoms with Gasteiger partial charge in [0.15, 0.2) is 11.5 Å². The molecule has 1 fully saturated rings. The van der Waals surface area contributed by atoms with Gasteiger partial charge in [-0.05, 0) is 0 Å². The van der Waals surface area contributed by atoms with Crippen LogP contribution in [-0.2, 0) is 14.3 Å². The van der Waals surface area contributed by atoms with E-state index in [1.165, 1.54) is 11.8 Å². The van der Waals surface area contributed by atoms with Crippen LogP contribution in [0.1, 0.15) is 0 Å². The first kappa shape index (κ1) is 16.7. The van der Waals surface area contributed by atoms with Crippen LogP contribution in [0.15, 0.2) is 12.1 Å². The fraction of sp³-hybridized carbons (Fsp3) is 0.467. The molecule has 3 rings (SSSR count). The molecular formula is C15H19N3O5S. The van der Waals surface area contributed by atoms with Crippen LogP contribution < -0.4 is 20.5 Å². The first-order chi connectivity index (χ1) is 11.6. The maximum atomic E-state index is 12.0. The number of carbonyl (C=O) groups is 2. The number of ether oxygens (including phenoxy) is 3. The van der Waals surface area contributed by atoms with Crippen LogP contribution in [0.3, 0.4) is 0 Å². The first-order valence-corrected chi connectivity index (χ1v) is 8.71. The van der Waals surface area contributed by atoms with Crippen molar-refractivity contribution in [2.24, 2.45) is 0 Å². The number of nitrogen functional groups attached to an aromatic ring is 1. The van der Waals surface area contributed by atoms with Crippen molar-refractivity contribution in [1.29, 1.82) is 0 Å². The highest BCUT2D eigenvalue weighted by molar-refractivity contribution is 8.00. The topological polar surface area (TPSA) is 103 Å². The van der Waals surface area contributed by atoms with Crippen molar-refractivity contribution >= 4 is 35.0 Å². The van der Waals surface area contributed by atoms with Gasteiger partial charge in [0.2, 0.25) is 18.6 Å². The highest BCUT2D eigenvalue weighted by atomic mass is 32.2. The molecule has 9 heteroatoms. The van der Waals surface area contributed by atoms with Gasteiger partial charge in [-0.2, -0.15) is 0 Å². The van der Waals surface area contributed by atoms with Crippen LogP contribution >= 0.6 is 11.8 Å². The van der Waals surface area contributed by atoms with E-state index in [2.05, 4.69) is 5.32 Å². The van der Waals surface area contributed by atoms with Crippen molar-refractivity contribution in [3.8, 4) is 11.5 Å². The van der Waals surface area contributed by atoms with E-state index in [0.29, 0.717) is 49.2 Å². The Morgan fingerprint density at radius 1 is 1.17 bits per heavy atom. The lowest BCUT2D eigenvalue weighted by Crippen LogP contribution is -2.41. The van der Waals surface area contributed by atoms with E-state index in [1.54, 1.807) is 17.0 Å². The van der Waals surface area contributed by atoms with Crippen molar-refractivity contribution in [3.63, 3.8) is 0 Å². The average Bonchev–Trinajstić information content (AvgIpc) is 3.03. The molecule has 0 aromatic heterocycles. The number of hydrogen-bond donors (Lipinski definition) is 2. The summed E-state index contributed by atoms with van der Waals surface area (Å²) in [5.41, 5.74) is 6.77. The minimum atomic E-state index is -0.222. The highest BCUT2D eigenvalue weighted by Crippen LogP contribution is 2.38. The molecule has 3 N–H and O–H groups in total. The molecule has 1 aromatic carbocycles. The monoisotopic (exact) mass is 353 g/mol. The summed E-state index contributed by atoms with van der Waals surface area (Å²) < 4.78 is 15.7. The van der Waals surface area contributed by atoms with Crippen LogP contribution in [-0.4, -0.2) is 61.3 Å². The molecule has 24 heavy (non-hydrogen) atoms. The Morgan fingerprint density at radius 3 is 2.62 bits per heavy atom. The van der Waals surface area contributed by atoms with E-state index in [-0.39, 0.29) is 30.1 Å². The zero-order valence-electron chi connectivity index (χ0n) is 13.1. The Bertz CT molecular complexity index is 634. The van der Waals surface area contributed by atoms with E-state index in [9.17, 15) is 9.59 Å². The van der Waals surface area contributed by atoms with Crippen LogP contribution in [0.5, 0.6) is 11.5 Å². The van der Waals surface area contributed by atoms with Crippen molar-refractivity contribution in [2.75, 3.05) is 55.7 Å². The van der Waals surface area contributed by atoms with Gasteiger partial charge in [-0.1, -0.05) is 0 Å². The summed E-state index contributed by atoms with van der Waals surface area (Å²) in [6, 6.07) is 3.26. The van der Waals surface area contributed by atoms with Gasteiger partial charge in [0.25, 0.3) is 0 Å². The van der Waals surface area contributed by atoms with E-state index >= 15 is 0 Å². The number of nitrogens with one attached hydrogen (secondary N) is 1. The number of anilines is 2. The van der Waals surface area contributed by atoms with Crippen LogP contribution in [0.25, 0.3) is 0 Å². The quantitative estimate of drug-likeness (QED) is 0.744. The molecule has 2 heterocycles. The Kier molecular flexibility index (Phi) is 5.31. The fourth-order valence-electron chi connectivity index (χ4n) is 2.39. The van der Waals surface area contributed by atoms with Crippen LogP contribution in [0, 0.1) is 0 Å². The number of amides is 2. The molecule has 2 aliphatic rings. The normalized spacial score (nSPS) is 16.1. The molecule has 0 bridgehead atoms. The summed E-state index contributed by atoms with van der Waals surface area (Å²) in [7, 11) is 0. The zero-order valence-corrected chi connectivity index (χ0v) is 13.9. The molecule has 0 spiro atoms. The number of carbonyl (C=O) groups excluding carboxylic acids is 2. The maximum absolute atomic E-state index is 12.0. The number of nitrogens with two attached hydrogens (primary N) is 1. The highest BCUT2D eigenvalue weighted by Gasteiger charge is 2.19. The predicted octanol–water partition coefficient (Wildman–Crippen LogP) is 0.528. The van der Waals surface area contributed by atoms with E-state index in [4.69, 9.17) is 19.9 Å². The molecular weight excluding hydrogens is 334 g/mol. The van der Waals surface area contributed by atoms with Gasteiger partial charge in [0.05, 0.1) is 36.1 Å². The van der Waals surface area contributed by atoms with Crippen LogP contribution in [0.4, 0.5) is 11.4 Å². The second kappa shape index (κ2) is 7.63. The number of thioether (sulfide) groups is 1. The third kappa shape index (κ3) is 4.04. The molecule has 2 amide bonds. The van der Waals surface area contributed by atoms with Crippen molar-refractivity contribution in [1.82, 2.24) is 4.90 Å². The summed E-state index contributed by atoms with van der Waals surface area (Å²) in [6.07, 6.45) is 0. The minimum Gasteiger partial charge on any atom is -0.454 e. The molecule has 1 aromatic rings. The molecule has 0 atom stereocenters. The third-order valence-electron chi connectivity index (χ3n) is 3.64. The Labute approximate surface area is 143 Å². The number of morpholine rings is 1. The summed E-state index contributed by atoms with van der Waals surface area (Å²) in [6.45, 7) is 2.50. The number of fused-ring (bicyclic) bond motifs is 1. The second-order valence-electron chi connectivity index (χ2n) is 5.33. The summed E-state index contributed by atoms with van der Waals surface area (Å²) in [4.78, 5) is 25.8. The zero-order chi connectivity index (χ0) is 16.9. The van der Waals surface area contributed by atoms with Gasteiger partial charge in [-0.15, -0.1) is 11.8 Å². The fourth-order valence-corrected chi connectivity index (χ4v) is 3.10. The van der Waals surface area contributed by atoms with Crippen LogP contribution in [0.2, 0.25) is 0 Å². The molecule has 0 unspecified atom stereocenters. The maximum Gasteiger partial charge on any atom is 0.234 e. The first-order valence-electron chi connectivity index (χ1n) is 7.56. The lowest BCUT2D eigenvalue weighted by molar-refractivity contribution is -0.132. The minimum absolute atomic E-state index is 0.0266. The van der Waals surface area contributed by atoms with Gasteiger partial charge in [-0.3, -0.25) is 9.59 Å². The molecule has 0 aliphatic carbocycles. The second-order valence-corrected chi connectivity index (χ2v) is 6.31. The standard InChI is InChI=1S/C15H19N3O5S/c16-10-5-12-13(23-9-22-12)6-11(10)17-14(19)7-24-8-15(20)18-1-3-21-4-2-18/h5-6H,1-4,7-9,16H2,(H,17,19). The van der Waals surface area contributed by atoms with Crippen molar-refractivity contribution in [2.45, 2.75) is 0 Å². The van der Waals surface area contributed by atoms with E-state index in [0.717, 1.165) is 0 Å². The summed E-state index contributed by atoms with van der Waals surface area (Å²) in [5, 5.41) is 2.73. The molecule has 8 nitrogen and oxygen atoms in total. The number of nitrogens with zero attached hydrogens (tertiary/aromatic N) is 1. The van der Waals surface area contributed by atoms with Crippen molar-refractivity contribution in [3.05, 3.63) is 12.1 Å². The number of hydrogen-bond acceptors (Lipinski definition) is 7. The van der Waals surface area contributed by atoms with Gasteiger partial charge in [0.1, 0.15) is 0 Å². The average molecular weight is 353 g/mol. The number of benzene rings is 1. The smallest absolute Gasteiger partial charge is 0.234 e. The molecule has 130 valence electrons. The Morgan fingerprint density at radius 2 is 1.88 bits per heavy atom. The Balaban J connectivity index is 1.45. The molecule has 1 saturated heterocycles. The predicted molar refractivity (Wildman–Crippen MR) is 90.3 cm³/mol. The number of rotatable bonds is 5. The summed E-state index contributed by atoms with van der Waals surface area (Å²) >= 11 is 1.27. The van der Waals surface area contributed by atoms with Gasteiger partial charge in [0, 0.05) is 25.2 Å². The van der Waals surface area contributed by atoms with Gasteiger partial charge >= 0.3 is 0 Å². The van der Waals surface area contributed by atoms with Gasteiger partial charge in [-0.25, -0.2) is 0 Å². The largest absolute Gasteiger partial charge is 0.454 e. The lowest BCUT2D eigenvalue weighted by atomic mass is 10.2. The van der Waals surface area contributed by atoms with Crippen molar-refractivity contribution < 1.29 is 23.8 Å². The van der Waals surface area contributed by atoms with Gasteiger partial charge < -0.3 is 30.2 Å². The SMILES string of the molecule is Nc1cc2c(cc1NC(=O)CSCC(=O)N1CCOCC1)OCO2. The molecule has 2 aliphatic heterocycles. The third-order valence-corrected chi connectivity index (χ3v) is 4.56. The summed E-state index contributed by atoms with van der Waals surface area (Å²) in [5.74, 6) is 1.36.